The highest BCUT2D eigenvalue weighted by Gasteiger charge is 2.10. The van der Waals surface area contributed by atoms with Crippen molar-refractivity contribution in [1.82, 2.24) is 9.88 Å². The first kappa shape index (κ1) is 17.7. The van der Waals surface area contributed by atoms with Crippen LogP contribution < -0.4 is 10.6 Å². The summed E-state index contributed by atoms with van der Waals surface area (Å²) in [4.78, 5) is 19.0. The molecule has 1 aliphatic rings. The second kappa shape index (κ2) is 8.80. The molecule has 3 rings (SSSR count). The van der Waals surface area contributed by atoms with Gasteiger partial charge in [0.1, 0.15) is 5.82 Å². The molecular weight excluding hydrogens is 340 g/mol. The van der Waals surface area contributed by atoms with E-state index in [0.717, 1.165) is 39.4 Å². The summed E-state index contributed by atoms with van der Waals surface area (Å²) >= 11 is 5.85. The summed E-state index contributed by atoms with van der Waals surface area (Å²) in [6.45, 7) is 5.19. The zero-order valence-corrected chi connectivity index (χ0v) is 14.6. The van der Waals surface area contributed by atoms with Crippen molar-refractivity contribution < 1.29 is 9.53 Å². The van der Waals surface area contributed by atoms with Crippen LogP contribution in [0.5, 0.6) is 0 Å². The molecule has 0 saturated carbocycles. The van der Waals surface area contributed by atoms with Gasteiger partial charge < -0.3 is 15.4 Å². The number of benzene rings is 1. The molecular formula is C18H21ClN4O2. The number of nitrogens with one attached hydrogen (secondary N) is 2. The Hall–Kier alpha value is -2.15. The maximum Gasteiger partial charge on any atom is 0.255 e. The van der Waals surface area contributed by atoms with Gasteiger partial charge >= 0.3 is 0 Å². The van der Waals surface area contributed by atoms with Crippen molar-refractivity contribution in [3.05, 3.63) is 53.2 Å². The van der Waals surface area contributed by atoms with Gasteiger partial charge in [-0.1, -0.05) is 11.6 Å². The predicted molar refractivity (Wildman–Crippen MR) is 99.4 cm³/mol. The molecule has 25 heavy (non-hydrogen) atoms. The molecule has 2 N–H and O–H groups in total. The summed E-state index contributed by atoms with van der Waals surface area (Å²) in [5, 5.41) is 6.75. The number of amides is 1. The van der Waals surface area contributed by atoms with Crippen molar-refractivity contribution in [2.45, 2.75) is 0 Å². The number of rotatable bonds is 6. The fraction of sp³-hybridized carbons (Fsp3) is 0.333. The minimum Gasteiger partial charge on any atom is -0.379 e. The molecule has 1 amide bonds. The lowest BCUT2D eigenvalue weighted by Gasteiger charge is -2.26. The molecule has 1 aliphatic heterocycles. The summed E-state index contributed by atoms with van der Waals surface area (Å²) < 4.78 is 5.34. The number of hydrogen-bond donors (Lipinski definition) is 2. The highest BCUT2D eigenvalue weighted by Crippen LogP contribution is 2.15. The summed E-state index contributed by atoms with van der Waals surface area (Å²) in [6.07, 6.45) is 1.63. The molecule has 0 unspecified atom stereocenters. The molecule has 0 aliphatic carbocycles. The van der Waals surface area contributed by atoms with E-state index in [1.54, 1.807) is 42.6 Å². The molecule has 6 nitrogen and oxygen atoms in total. The summed E-state index contributed by atoms with van der Waals surface area (Å²) in [6, 6.07) is 10.5. The lowest BCUT2D eigenvalue weighted by molar-refractivity contribution is 0.0398. The number of hydrogen-bond acceptors (Lipinski definition) is 5. The van der Waals surface area contributed by atoms with Crippen molar-refractivity contribution in [1.29, 1.82) is 0 Å². The van der Waals surface area contributed by atoms with E-state index in [1.165, 1.54) is 0 Å². The third kappa shape index (κ3) is 5.42. The number of pyridine rings is 1. The molecule has 2 aromatic rings. The number of nitrogens with zero attached hydrogens (tertiary/aromatic N) is 2. The van der Waals surface area contributed by atoms with E-state index >= 15 is 0 Å². The van der Waals surface area contributed by atoms with E-state index in [1.807, 2.05) is 0 Å². The minimum absolute atomic E-state index is 0.180. The fourth-order valence-electron chi connectivity index (χ4n) is 2.57. The van der Waals surface area contributed by atoms with Crippen LogP contribution in [0.3, 0.4) is 0 Å². The van der Waals surface area contributed by atoms with Gasteiger partial charge in [-0.05, 0) is 36.4 Å². The van der Waals surface area contributed by atoms with Crippen LogP contribution in [-0.4, -0.2) is 55.2 Å². The number of morpholine rings is 1. The smallest absolute Gasteiger partial charge is 0.255 e. The van der Waals surface area contributed by atoms with Crippen LogP contribution in [0, 0.1) is 0 Å². The maximum absolute atomic E-state index is 12.4. The molecule has 2 heterocycles. The van der Waals surface area contributed by atoms with Crippen LogP contribution in [0.2, 0.25) is 5.02 Å². The van der Waals surface area contributed by atoms with E-state index in [4.69, 9.17) is 16.3 Å². The van der Waals surface area contributed by atoms with Gasteiger partial charge in [0.25, 0.3) is 5.91 Å². The number of carbonyl (C=O) groups is 1. The summed E-state index contributed by atoms with van der Waals surface area (Å²) in [5.74, 6) is 0.512. The quantitative estimate of drug-likeness (QED) is 0.829. The van der Waals surface area contributed by atoms with E-state index < -0.39 is 0 Å². The summed E-state index contributed by atoms with van der Waals surface area (Å²) in [5.41, 5.74) is 1.26. The van der Waals surface area contributed by atoms with Crippen molar-refractivity contribution in [3.63, 3.8) is 0 Å². The zero-order chi connectivity index (χ0) is 17.5. The molecule has 1 aromatic heterocycles. The molecule has 0 bridgehead atoms. The van der Waals surface area contributed by atoms with E-state index in [0.29, 0.717) is 22.1 Å². The standard InChI is InChI=1S/C18H21ClN4O2/c19-15-1-3-16(4-2-15)22-18(24)14-5-6-20-17(13-14)21-7-8-23-9-11-25-12-10-23/h1-6,13H,7-12H2,(H,20,21)(H,22,24). The largest absolute Gasteiger partial charge is 0.379 e. The van der Waals surface area contributed by atoms with Crippen LogP contribution in [-0.2, 0) is 4.74 Å². The molecule has 0 radical (unpaired) electrons. The van der Waals surface area contributed by atoms with Crippen LogP contribution in [0.25, 0.3) is 0 Å². The maximum atomic E-state index is 12.4. The van der Waals surface area contributed by atoms with Crippen LogP contribution >= 0.6 is 11.6 Å². The average Bonchev–Trinajstić information content (AvgIpc) is 2.65. The van der Waals surface area contributed by atoms with Crippen LogP contribution in [0.15, 0.2) is 42.6 Å². The fourth-order valence-corrected chi connectivity index (χ4v) is 2.70. The SMILES string of the molecule is O=C(Nc1ccc(Cl)cc1)c1ccnc(NCCN2CCOCC2)c1. The Balaban J connectivity index is 1.53. The van der Waals surface area contributed by atoms with Crippen LogP contribution in [0.4, 0.5) is 11.5 Å². The van der Waals surface area contributed by atoms with Gasteiger partial charge in [-0.2, -0.15) is 0 Å². The van der Waals surface area contributed by atoms with Gasteiger partial charge in [0.05, 0.1) is 13.2 Å². The third-order valence-electron chi connectivity index (χ3n) is 3.96. The summed E-state index contributed by atoms with van der Waals surface area (Å²) in [7, 11) is 0. The second-order valence-electron chi connectivity index (χ2n) is 5.77. The van der Waals surface area contributed by atoms with E-state index in [2.05, 4.69) is 20.5 Å². The topological polar surface area (TPSA) is 66.5 Å². The molecule has 7 heteroatoms. The predicted octanol–water partition coefficient (Wildman–Crippen LogP) is 2.73. The molecule has 0 atom stereocenters. The molecule has 1 saturated heterocycles. The average molecular weight is 361 g/mol. The Labute approximate surface area is 152 Å². The molecule has 1 fully saturated rings. The van der Waals surface area contributed by atoms with Crippen molar-refractivity contribution in [3.8, 4) is 0 Å². The monoisotopic (exact) mass is 360 g/mol. The van der Waals surface area contributed by atoms with E-state index in [9.17, 15) is 4.79 Å². The van der Waals surface area contributed by atoms with Gasteiger partial charge in [0.15, 0.2) is 0 Å². The molecule has 132 valence electrons. The van der Waals surface area contributed by atoms with Gasteiger partial charge in [-0.15, -0.1) is 0 Å². The van der Waals surface area contributed by atoms with E-state index in [-0.39, 0.29) is 5.91 Å². The first-order chi connectivity index (χ1) is 12.2. The Morgan fingerprint density at radius 2 is 1.96 bits per heavy atom. The highest BCUT2D eigenvalue weighted by atomic mass is 35.5. The number of aromatic nitrogens is 1. The second-order valence-corrected chi connectivity index (χ2v) is 6.21. The number of ether oxygens (including phenoxy) is 1. The molecule has 0 spiro atoms. The highest BCUT2D eigenvalue weighted by molar-refractivity contribution is 6.30. The van der Waals surface area contributed by atoms with Gasteiger partial charge in [-0.3, -0.25) is 9.69 Å². The third-order valence-corrected chi connectivity index (χ3v) is 4.21. The lowest BCUT2D eigenvalue weighted by Crippen LogP contribution is -2.39. The van der Waals surface area contributed by atoms with Crippen molar-refractivity contribution in [2.75, 3.05) is 50.0 Å². The molecule has 1 aromatic carbocycles. The zero-order valence-electron chi connectivity index (χ0n) is 13.9. The number of halogens is 1. The number of carbonyl (C=O) groups excluding carboxylic acids is 1. The van der Waals surface area contributed by atoms with Gasteiger partial charge in [0, 0.05) is 48.6 Å². The van der Waals surface area contributed by atoms with Gasteiger partial charge in [-0.25, -0.2) is 4.98 Å². The van der Waals surface area contributed by atoms with Gasteiger partial charge in [0.2, 0.25) is 0 Å². The minimum atomic E-state index is -0.180. The lowest BCUT2D eigenvalue weighted by atomic mass is 10.2. The normalized spacial score (nSPS) is 14.9. The Bertz CT molecular complexity index is 702. The Kier molecular flexibility index (Phi) is 6.22. The van der Waals surface area contributed by atoms with Crippen LogP contribution in [0.1, 0.15) is 10.4 Å². The number of anilines is 2. The first-order valence-corrected chi connectivity index (χ1v) is 8.65. The van der Waals surface area contributed by atoms with Crippen molar-refractivity contribution >= 4 is 29.0 Å². The van der Waals surface area contributed by atoms with Crippen molar-refractivity contribution in [2.24, 2.45) is 0 Å². The Morgan fingerprint density at radius 3 is 2.72 bits per heavy atom. The first-order valence-electron chi connectivity index (χ1n) is 8.28. The Morgan fingerprint density at radius 1 is 1.20 bits per heavy atom.